The molecule has 0 atom stereocenters. The summed E-state index contributed by atoms with van der Waals surface area (Å²) in [6, 6.07) is 21.3. The Morgan fingerprint density at radius 1 is 0.826 bits per heavy atom. The Morgan fingerprint density at radius 2 is 1.48 bits per heavy atom. The van der Waals surface area contributed by atoms with Gasteiger partial charge in [-0.05, 0) is 46.0 Å². The van der Waals surface area contributed by atoms with Gasteiger partial charge in [0.25, 0.3) is 0 Å². The van der Waals surface area contributed by atoms with Crippen LogP contribution < -0.4 is 4.74 Å². The van der Waals surface area contributed by atoms with Gasteiger partial charge in [-0.25, -0.2) is 4.79 Å². The quantitative estimate of drug-likeness (QED) is 0.471. The fourth-order valence-corrected chi connectivity index (χ4v) is 2.50. The SMILES string of the molecule is CC(C)(C)c1ccc(C(=O)Oc2ccc3ccccc3c2)cc1. The average Bonchev–Trinajstić information content (AvgIpc) is 2.54. The van der Waals surface area contributed by atoms with Crippen molar-refractivity contribution in [3.63, 3.8) is 0 Å². The van der Waals surface area contributed by atoms with E-state index in [4.69, 9.17) is 4.74 Å². The zero-order valence-corrected chi connectivity index (χ0v) is 13.7. The highest BCUT2D eigenvalue weighted by Crippen LogP contribution is 2.24. The molecule has 0 aromatic heterocycles. The zero-order valence-electron chi connectivity index (χ0n) is 13.7. The van der Waals surface area contributed by atoms with Gasteiger partial charge in [-0.1, -0.05) is 63.2 Å². The summed E-state index contributed by atoms with van der Waals surface area (Å²) in [7, 11) is 0. The molecule has 0 saturated heterocycles. The largest absolute Gasteiger partial charge is 0.423 e. The van der Waals surface area contributed by atoms with E-state index in [2.05, 4.69) is 20.8 Å². The number of benzene rings is 3. The summed E-state index contributed by atoms with van der Waals surface area (Å²) >= 11 is 0. The highest BCUT2D eigenvalue weighted by atomic mass is 16.5. The number of ether oxygens (including phenoxy) is 1. The number of hydrogen-bond donors (Lipinski definition) is 0. The number of fused-ring (bicyclic) bond motifs is 1. The fraction of sp³-hybridized carbons (Fsp3) is 0.190. The summed E-state index contributed by atoms with van der Waals surface area (Å²) in [6.45, 7) is 6.44. The third kappa shape index (κ3) is 3.42. The van der Waals surface area contributed by atoms with Gasteiger partial charge in [0.1, 0.15) is 5.75 Å². The molecule has 0 aliphatic carbocycles. The van der Waals surface area contributed by atoms with Crippen LogP contribution in [0.15, 0.2) is 66.7 Å². The van der Waals surface area contributed by atoms with Crippen LogP contribution in [0, 0.1) is 0 Å². The van der Waals surface area contributed by atoms with Gasteiger partial charge in [0.05, 0.1) is 5.56 Å². The molecule has 0 radical (unpaired) electrons. The number of hydrogen-bond acceptors (Lipinski definition) is 2. The van der Waals surface area contributed by atoms with Crippen LogP contribution in [0.1, 0.15) is 36.7 Å². The van der Waals surface area contributed by atoms with E-state index in [-0.39, 0.29) is 11.4 Å². The molecule has 0 N–H and O–H groups in total. The molecule has 3 aromatic rings. The molecular formula is C21H20O2. The zero-order chi connectivity index (χ0) is 16.4. The Kier molecular flexibility index (Phi) is 3.91. The molecule has 116 valence electrons. The molecular weight excluding hydrogens is 284 g/mol. The molecule has 0 bridgehead atoms. The second-order valence-electron chi connectivity index (χ2n) is 6.73. The number of rotatable bonds is 2. The first-order chi connectivity index (χ1) is 10.9. The average molecular weight is 304 g/mol. The van der Waals surface area contributed by atoms with E-state index >= 15 is 0 Å². The number of carbonyl (C=O) groups excluding carboxylic acids is 1. The fourth-order valence-electron chi connectivity index (χ4n) is 2.50. The maximum Gasteiger partial charge on any atom is 0.343 e. The first-order valence-corrected chi connectivity index (χ1v) is 7.75. The Hall–Kier alpha value is -2.61. The van der Waals surface area contributed by atoms with Crippen molar-refractivity contribution in [1.82, 2.24) is 0 Å². The van der Waals surface area contributed by atoms with E-state index in [9.17, 15) is 4.79 Å². The van der Waals surface area contributed by atoms with Crippen molar-refractivity contribution in [2.75, 3.05) is 0 Å². The Bertz CT molecular complexity index is 840. The van der Waals surface area contributed by atoms with Crippen LogP contribution in [-0.4, -0.2) is 5.97 Å². The molecule has 3 aromatic carbocycles. The van der Waals surface area contributed by atoms with E-state index in [0.29, 0.717) is 11.3 Å². The molecule has 0 amide bonds. The standard InChI is InChI=1S/C21H20O2/c1-21(2,3)18-11-8-16(9-12-18)20(22)23-19-13-10-15-6-4-5-7-17(15)14-19/h4-14H,1-3H3. The van der Waals surface area contributed by atoms with Crippen LogP contribution in [0.4, 0.5) is 0 Å². The van der Waals surface area contributed by atoms with Gasteiger partial charge < -0.3 is 4.74 Å². The van der Waals surface area contributed by atoms with Crippen LogP contribution in [0.25, 0.3) is 10.8 Å². The molecule has 2 heteroatoms. The van der Waals surface area contributed by atoms with Gasteiger partial charge in [0.2, 0.25) is 0 Å². The van der Waals surface area contributed by atoms with E-state index in [1.807, 2.05) is 66.7 Å². The van der Waals surface area contributed by atoms with Gasteiger partial charge in [0, 0.05) is 0 Å². The molecule has 0 saturated carbocycles. The maximum atomic E-state index is 12.3. The third-order valence-electron chi connectivity index (χ3n) is 3.92. The van der Waals surface area contributed by atoms with Crippen molar-refractivity contribution in [3.8, 4) is 5.75 Å². The van der Waals surface area contributed by atoms with Crippen LogP contribution in [0.5, 0.6) is 5.75 Å². The monoisotopic (exact) mass is 304 g/mol. The van der Waals surface area contributed by atoms with Crippen molar-refractivity contribution in [2.45, 2.75) is 26.2 Å². The summed E-state index contributed by atoms with van der Waals surface area (Å²) in [5.41, 5.74) is 1.83. The summed E-state index contributed by atoms with van der Waals surface area (Å²) < 4.78 is 5.50. The third-order valence-corrected chi connectivity index (χ3v) is 3.92. The molecule has 0 unspecified atom stereocenters. The molecule has 0 spiro atoms. The van der Waals surface area contributed by atoms with Crippen LogP contribution >= 0.6 is 0 Å². The predicted molar refractivity (Wildman–Crippen MR) is 94.0 cm³/mol. The maximum absolute atomic E-state index is 12.3. The van der Waals surface area contributed by atoms with E-state index in [1.165, 1.54) is 5.56 Å². The Morgan fingerprint density at radius 3 is 2.13 bits per heavy atom. The van der Waals surface area contributed by atoms with Crippen molar-refractivity contribution >= 4 is 16.7 Å². The Labute approximate surface area is 136 Å². The normalized spacial score (nSPS) is 11.4. The first-order valence-electron chi connectivity index (χ1n) is 7.75. The minimum Gasteiger partial charge on any atom is -0.423 e. The summed E-state index contributed by atoms with van der Waals surface area (Å²) in [6.07, 6.45) is 0. The molecule has 0 aliphatic heterocycles. The summed E-state index contributed by atoms with van der Waals surface area (Å²) in [5.74, 6) is 0.231. The first kappa shape index (κ1) is 15.3. The highest BCUT2D eigenvalue weighted by molar-refractivity contribution is 5.92. The lowest BCUT2D eigenvalue weighted by molar-refractivity contribution is 0.0735. The Balaban J connectivity index is 1.80. The molecule has 3 rings (SSSR count). The minimum atomic E-state index is -0.333. The lowest BCUT2D eigenvalue weighted by Crippen LogP contribution is -2.12. The summed E-state index contributed by atoms with van der Waals surface area (Å²) in [4.78, 5) is 12.3. The minimum absolute atomic E-state index is 0.0702. The van der Waals surface area contributed by atoms with E-state index < -0.39 is 0 Å². The van der Waals surface area contributed by atoms with Crippen molar-refractivity contribution in [3.05, 3.63) is 77.9 Å². The van der Waals surface area contributed by atoms with Gasteiger partial charge in [-0.2, -0.15) is 0 Å². The topological polar surface area (TPSA) is 26.3 Å². The number of carbonyl (C=O) groups is 1. The lowest BCUT2D eigenvalue weighted by atomic mass is 9.87. The van der Waals surface area contributed by atoms with Gasteiger partial charge in [-0.15, -0.1) is 0 Å². The molecule has 2 nitrogen and oxygen atoms in total. The predicted octanol–water partition coefficient (Wildman–Crippen LogP) is 5.36. The van der Waals surface area contributed by atoms with Crippen molar-refractivity contribution in [2.24, 2.45) is 0 Å². The van der Waals surface area contributed by atoms with Gasteiger partial charge in [0.15, 0.2) is 0 Å². The molecule has 0 heterocycles. The summed E-state index contributed by atoms with van der Waals surface area (Å²) in [5, 5.41) is 2.18. The van der Waals surface area contributed by atoms with Crippen LogP contribution in [0.2, 0.25) is 0 Å². The lowest BCUT2D eigenvalue weighted by Gasteiger charge is -2.18. The molecule has 0 fully saturated rings. The van der Waals surface area contributed by atoms with E-state index in [0.717, 1.165) is 10.8 Å². The van der Waals surface area contributed by atoms with Crippen molar-refractivity contribution < 1.29 is 9.53 Å². The van der Waals surface area contributed by atoms with Crippen molar-refractivity contribution in [1.29, 1.82) is 0 Å². The molecule has 23 heavy (non-hydrogen) atoms. The van der Waals surface area contributed by atoms with E-state index in [1.54, 1.807) is 0 Å². The van der Waals surface area contributed by atoms with Gasteiger partial charge >= 0.3 is 5.97 Å². The second kappa shape index (κ2) is 5.88. The van der Waals surface area contributed by atoms with Gasteiger partial charge in [-0.3, -0.25) is 0 Å². The number of esters is 1. The molecule has 0 aliphatic rings. The van der Waals surface area contributed by atoms with Crippen LogP contribution in [0.3, 0.4) is 0 Å². The second-order valence-corrected chi connectivity index (χ2v) is 6.73. The highest BCUT2D eigenvalue weighted by Gasteiger charge is 2.15. The smallest absolute Gasteiger partial charge is 0.343 e. The van der Waals surface area contributed by atoms with Crippen LogP contribution in [-0.2, 0) is 5.41 Å².